The number of nitrogens with zero attached hydrogens (tertiary/aromatic N) is 5. The number of nitrogens with one attached hydrogen (secondary N) is 1. The molecule has 2 amide bonds. The molecular weight excluding hydrogens is 516 g/mol. The minimum atomic E-state index is -0.267. The second-order valence-electron chi connectivity index (χ2n) is 9.46. The van der Waals surface area contributed by atoms with Crippen LogP contribution in [0.2, 0.25) is 0 Å². The maximum atomic E-state index is 12.8. The number of rotatable bonds is 4. The number of hydrogen-bond acceptors (Lipinski definition) is 6. The van der Waals surface area contributed by atoms with Crippen molar-refractivity contribution in [1.82, 2.24) is 29.8 Å². The molecule has 41 heavy (non-hydrogen) atoms. The van der Waals surface area contributed by atoms with Crippen molar-refractivity contribution in [2.24, 2.45) is 0 Å². The number of ether oxygens (including phenoxy) is 1. The Kier molecular flexibility index (Phi) is 7.47. The molecule has 9 heteroatoms. The zero-order valence-corrected chi connectivity index (χ0v) is 22.2. The summed E-state index contributed by atoms with van der Waals surface area (Å²) in [5.74, 6) is 6.08. The lowest BCUT2D eigenvalue weighted by Crippen LogP contribution is -2.40. The number of morpholine rings is 1. The summed E-state index contributed by atoms with van der Waals surface area (Å²) in [6, 6.07) is 16.5. The molecule has 1 fully saturated rings. The van der Waals surface area contributed by atoms with Gasteiger partial charge in [-0.3, -0.25) is 14.6 Å². The fourth-order valence-corrected chi connectivity index (χ4v) is 4.51. The van der Waals surface area contributed by atoms with Gasteiger partial charge in [0.25, 0.3) is 11.8 Å². The maximum Gasteiger partial charge on any atom is 0.274 e. The normalized spacial score (nSPS) is 14.9. The molecule has 3 aromatic heterocycles. The lowest BCUT2D eigenvalue weighted by molar-refractivity contribution is 0.0303. The first-order chi connectivity index (χ1) is 20.1. The van der Waals surface area contributed by atoms with Gasteiger partial charge in [-0.1, -0.05) is 36.3 Å². The third-order valence-corrected chi connectivity index (χ3v) is 6.67. The number of carbonyl (C=O) groups is 2. The molecule has 4 heterocycles. The Morgan fingerprint density at radius 3 is 2.61 bits per heavy atom. The number of amides is 2. The van der Waals surface area contributed by atoms with Crippen molar-refractivity contribution in [2.75, 3.05) is 26.3 Å². The Morgan fingerprint density at radius 2 is 1.80 bits per heavy atom. The van der Waals surface area contributed by atoms with Gasteiger partial charge in [0.1, 0.15) is 11.4 Å². The summed E-state index contributed by atoms with van der Waals surface area (Å²) < 4.78 is 7.05. The lowest BCUT2D eigenvalue weighted by Gasteiger charge is -2.26. The van der Waals surface area contributed by atoms with Gasteiger partial charge in [0.15, 0.2) is 5.65 Å². The third kappa shape index (κ3) is 5.98. The molecule has 202 valence electrons. The Bertz CT molecular complexity index is 1750. The maximum absolute atomic E-state index is 12.8. The van der Waals surface area contributed by atoms with Crippen LogP contribution < -0.4 is 5.32 Å². The number of imidazole rings is 1. The van der Waals surface area contributed by atoms with Crippen LogP contribution in [0.5, 0.6) is 0 Å². The summed E-state index contributed by atoms with van der Waals surface area (Å²) in [5, 5.41) is 7.69. The minimum Gasteiger partial charge on any atom is -0.378 e. The minimum absolute atomic E-state index is 0.00611. The average molecular weight is 543 g/mol. The van der Waals surface area contributed by atoms with E-state index in [0.29, 0.717) is 55.3 Å². The van der Waals surface area contributed by atoms with E-state index in [4.69, 9.17) is 9.84 Å². The molecule has 4 aromatic rings. The predicted octanol–water partition coefficient (Wildman–Crippen LogP) is 3.82. The van der Waals surface area contributed by atoms with Gasteiger partial charge in [0.2, 0.25) is 0 Å². The number of aromatic nitrogens is 4. The highest BCUT2D eigenvalue weighted by Gasteiger charge is 2.18. The van der Waals surface area contributed by atoms with Crippen LogP contribution in [0.4, 0.5) is 0 Å². The van der Waals surface area contributed by atoms with E-state index in [2.05, 4.69) is 27.1 Å². The Balaban J connectivity index is 1.21. The number of pyridine rings is 1. The first kappa shape index (κ1) is 25.9. The molecule has 0 bridgehead atoms. The van der Waals surface area contributed by atoms with Gasteiger partial charge in [-0.05, 0) is 54.5 Å². The van der Waals surface area contributed by atoms with Crippen LogP contribution in [0.3, 0.4) is 0 Å². The molecule has 2 aliphatic rings. The van der Waals surface area contributed by atoms with E-state index in [0.717, 1.165) is 22.5 Å². The van der Waals surface area contributed by atoms with E-state index in [-0.39, 0.29) is 11.8 Å². The number of allylic oxidation sites excluding steroid dienone is 5. The van der Waals surface area contributed by atoms with E-state index in [1.165, 1.54) is 0 Å². The first-order valence-electron chi connectivity index (χ1n) is 13.3. The topological polar surface area (TPSA) is 102 Å². The van der Waals surface area contributed by atoms with Crippen molar-refractivity contribution in [3.05, 3.63) is 120 Å². The van der Waals surface area contributed by atoms with Crippen LogP contribution in [0, 0.1) is 11.8 Å². The third-order valence-electron chi connectivity index (χ3n) is 6.67. The number of fused-ring (bicyclic) bond motifs is 1. The molecule has 6 rings (SSSR count). The zero-order chi connectivity index (χ0) is 28.0. The molecule has 0 unspecified atom stereocenters. The van der Waals surface area contributed by atoms with E-state index < -0.39 is 0 Å². The van der Waals surface area contributed by atoms with Crippen molar-refractivity contribution in [1.29, 1.82) is 0 Å². The van der Waals surface area contributed by atoms with Crippen LogP contribution >= 0.6 is 0 Å². The standard InChI is InChI=1S/C32H26N6O3/c39-31(29-7-3-4-16-33-29)35-26-6-2-1-5-23(21-26)8-13-27-22-34-30-15-14-28(36-38(27)30)24-9-11-25(12-10-24)32(40)37-17-19-41-20-18-37/h1-5,7,9-12,14-16,21-22H,6,17-20H2,(H,35,39). The summed E-state index contributed by atoms with van der Waals surface area (Å²) in [6.07, 6.45) is 11.5. The van der Waals surface area contributed by atoms with Crippen LogP contribution in [-0.4, -0.2) is 62.6 Å². The van der Waals surface area contributed by atoms with Crippen molar-refractivity contribution in [3.8, 4) is 23.1 Å². The molecular formula is C32H26N6O3. The highest BCUT2D eigenvalue weighted by Crippen LogP contribution is 2.20. The lowest BCUT2D eigenvalue weighted by atomic mass is 10.1. The monoisotopic (exact) mass is 542 g/mol. The Morgan fingerprint density at radius 1 is 0.951 bits per heavy atom. The SMILES string of the molecule is O=C(NC1=CC(C#Cc2cnc3ccc(-c4ccc(C(=O)N5CCOCC5)cc4)nn23)=CC=CC1)c1ccccn1. The van der Waals surface area contributed by atoms with E-state index in [1.807, 2.05) is 65.6 Å². The molecule has 1 aliphatic heterocycles. The highest BCUT2D eigenvalue weighted by atomic mass is 16.5. The van der Waals surface area contributed by atoms with Crippen LogP contribution in [0.15, 0.2) is 103 Å². The first-order valence-corrected chi connectivity index (χ1v) is 13.3. The van der Waals surface area contributed by atoms with Crippen molar-refractivity contribution in [3.63, 3.8) is 0 Å². The van der Waals surface area contributed by atoms with Gasteiger partial charge in [-0.25, -0.2) is 9.50 Å². The van der Waals surface area contributed by atoms with E-state index in [1.54, 1.807) is 35.1 Å². The molecule has 1 aromatic carbocycles. The summed E-state index contributed by atoms with van der Waals surface area (Å²) >= 11 is 0. The van der Waals surface area contributed by atoms with Gasteiger partial charge < -0.3 is 15.0 Å². The van der Waals surface area contributed by atoms with Gasteiger partial charge in [-0.2, -0.15) is 5.10 Å². The average Bonchev–Trinajstić information content (AvgIpc) is 3.30. The summed E-state index contributed by atoms with van der Waals surface area (Å²) in [5.41, 5.74) is 5.37. The van der Waals surface area contributed by atoms with Crippen molar-refractivity contribution in [2.45, 2.75) is 6.42 Å². The molecule has 0 spiro atoms. The van der Waals surface area contributed by atoms with Crippen molar-refractivity contribution >= 4 is 17.5 Å². The quantitative estimate of drug-likeness (QED) is 0.394. The number of hydrogen-bond donors (Lipinski definition) is 1. The zero-order valence-electron chi connectivity index (χ0n) is 22.2. The summed E-state index contributed by atoms with van der Waals surface area (Å²) in [4.78, 5) is 35.7. The number of benzene rings is 1. The predicted molar refractivity (Wildman–Crippen MR) is 154 cm³/mol. The fraction of sp³-hybridized carbons (Fsp3) is 0.156. The highest BCUT2D eigenvalue weighted by molar-refractivity contribution is 5.95. The summed E-state index contributed by atoms with van der Waals surface area (Å²) in [6.45, 7) is 2.34. The number of carbonyl (C=O) groups excluding carboxylic acids is 2. The van der Waals surface area contributed by atoms with Gasteiger partial charge in [0, 0.05) is 48.1 Å². The van der Waals surface area contributed by atoms with Gasteiger partial charge >= 0.3 is 0 Å². The van der Waals surface area contributed by atoms with Gasteiger partial charge in [-0.15, -0.1) is 0 Å². The second-order valence-corrected chi connectivity index (χ2v) is 9.46. The summed E-state index contributed by atoms with van der Waals surface area (Å²) in [7, 11) is 0. The molecule has 1 saturated heterocycles. The largest absolute Gasteiger partial charge is 0.378 e. The molecule has 0 saturated carbocycles. The smallest absolute Gasteiger partial charge is 0.274 e. The van der Waals surface area contributed by atoms with E-state index in [9.17, 15) is 9.59 Å². The van der Waals surface area contributed by atoms with Gasteiger partial charge in [0.05, 0.1) is 25.1 Å². The molecule has 0 radical (unpaired) electrons. The molecule has 1 N–H and O–H groups in total. The second kappa shape index (κ2) is 11.8. The van der Waals surface area contributed by atoms with Crippen LogP contribution in [0.1, 0.15) is 33.0 Å². The van der Waals surface area contributed by atoms with E-state index >= 15 is 0 Å². The fourth-order valence-electron chi connectivity index (χ4n) is 4.51. The molecule has 0 atom stereocenters. The van der Waals surface area contributed by atoms with Crippen LogP contribution in [-0.2, 0) is 4.74 Å². The molecule has 9 nitrogen and oxygen atoms in total. The van der Waals surface area contributed by atoms with Crippen LogP contribution in [0.25, 0.3) is 16.9 Å². The molecule has 1 aliphatic carbocycles. The Hall–Kier alpha value is -5.33. The Labute approximate surface area is 236 Å². The van der Waals surface area contributed by atoms with Crippen molar-refractivity contribution < 1.29 is 14.3 Å².